The molecule has 0 saturated carbocycles. The van der Waals surface area contributed by atoms with Crippen molar-refractivity contribution in [1.82, 2.24) is 9.97 Å². The van der Waals surface area contributed by atoms with E-state index in [9.17, 15) is 0 Å². The molecule has 0 amide bonds. The minimum absolute atomic E-state index is 0.287. The maximum absolute atomic E-state index is 6.03. The van der Waals surface area contributed by atoms with Crippen molar-refractivity contribution in [2.24, 2.45) is 4.99 Å². The zero-order valence-corrected chi connectivity index (χ0v) is 14.4. The van der Waals surface area contributed by atoms with Gasteiger partial charge in [-0.15, -0.1) is 0 Å². The second-order valence-corrected chi connectivity index (χ2v) is 5.01. The third kappa shape index (κ3) is 4.34. The van der Waals surface area contributed by atoms with Crippen molar-refractivity contribution < 1.29 is 14.2 Å². The number of aliphatic imine (C=N–C) groups is 1. The first-order valence-corrected chi connectivity index (χ1v) is 7.57. The van der Waals surface area contributed by atoms with E-state index in [0.717, 1.165) is 11.1 Å². The van der Waals surface area contributed by atoms with E-state index in [-0.39, 0.29) is 5.95 Å². The highest BCUT2D eigenvalue weighted by atomic mass is 16.5. The van der Waals surface area contributed by atoms with Gasteiger partial charge >= 0.3 is 0 Å². The lowest BCUT2D eigenvalue weighted by molar-refractivity contribution is 0.324. The molecule has 7 heteroatoms. The maximum atomic E-state index is 6.03. The van der Waals surface area contributed by atoms with Gasteiger partial charge in [0.05, 0.1) is 20.8 Å². The van der Waals surface area contributed by atoms with Crippen molar-refractivity contribution in [3.8, 4) is 11.5 Å². The normalized spacial score (nSPS) is 11.2. The summed E-state index contributed by atoms with van der Waals surface area (Å²) in [6.45, 7) is 4.18. The van der Waals surface area contributed by atoms with Crippen molar-refractivity contribution in [1.29, 1.82) is 0 Å². The average molecular weight is 330 g/mol. The van der Waals surface area contributed by atoms with Crippen LogP contribution in [0.3, 0.4) is 0 Å². The molecule has 0 radical (unpaired) electrons. The number of rotatable bonds is 6. The molecule has 0 aliphatic rings. The highest BCUT2D eigenvalue weighted by Crippen LogP contribution is 2.29. The molecule has 0 atom stereocenters. The van der Waals surface area contributed by atoms with Gasteiger partial charge in [0.2, 0.25) is 0 Å². The van der Waals surface area contributed by atoms with Crippen LogP contribution in [0.5, 0.6) is 11.5 Å². The molecule has 0 spiro atoms. The summed E-state index contributed by atoms with van der Waals surface area (Å²) in [7, 11) is 3.21. The lowest BCUT2D eigenvalue weighted by atomic mass is 10.1. The summed E-state index contributed by atoms with van der Waals surface area (Å²) in [6, 6.07) is 5.71. The number of benzene rings is 1. The summed E-state index contributed by atoms with van der Waals surface area (Å²) < 4.78 is 15.8. The third-order valence-electron chi connectivity index (χ3n) is 3.34. The van der Waals surface area contributed by atoms with Crippen LogP contribution in [0.2, 0.25) is 0 Å². The number of hydrogen-bond donors (Lipinski definition) is 1. The van der Waals surface area contributed by atoms with E-state index in [2.05, 4.69) is 15.0 Å². The van der Waals surface area contributed by atoms with Gasteiger partial charge in [0.1, 0.15) is 5.82 Å². The van der Waals surface area contributed by atoms with Gasteiger partial charge < -0.3 is 19.9 Å². The Bertz CT molecular complexity index is 732. The molecule has 0 bridgehead atoms. The minimum Gasteiger partial charge on any atom is -0.493 e. The van der Waals surface area contributed by atoms with E-state index in [0.29, 0.717) is 36.2 Å². The van der Waals surface area contributed by atoms with Gasteiger partial charge in [0, 0.05) is 25.1 Å². The fourth-order valence-corrected chi connectivity index (χ4v) is 2.19. The van der Waals surface area contributed by atoms with E-state index in [1.54, 1.807) is 27.3 Å². The van der Waals surface area contributed by atoms with Crippen LogP contribution in [-0.2, 0) is 11.2 Å². The third-order valence-corrected chi connectivity index (χ3v) is 3.34. The van der Waals surface area contributed by atoms with Crippen LogP contribution in [0.4, 0.5) is 11.8 Å². The van der Waals surface area contributed by atoms with E-state index < -0.39 is 0 Å². The van der Waals surface area contributed by atoms with E-state index in [4.69, 9.17) is 19.9 Å². The second kappa shape index (κ2) is 8.14. The number of nitrogens with zero attached hydrogens (tertiary/aromatic N) is 3. The minimum atomic E-state index is 0.287. The topological polar surface area (TPSA) is 91.9 Å². The lowest BCUT2D eigenvalue weighted by Gasteiger charge is -2.10. The van der Waals surface area contributed by atoms with Crippen molar-refractivity contribution in [2.45, 2.75) is 20.3 Å². The SMILES string of the molecule is CCOC(C)=Nc1ncc(Cc2ccc(OC)c(OC)c2)c(N)n1. The largest absolute Gasteiger partial charge is 0.493 e. The van der Waals surface area contributed by atoms with Gasteiger partial charge in [-0.25, -0.2) is 4.98 Å². The zero-order valence-electron chi connectivity index (χ0n) is 14.4. The Morgan fingerprint density at radius 1 is 1.21 bits per heavy atom. The fraction of sp³-hybridized carbons (Fsp3) is 0.353. The van der Waals surface area contributed by atoms with Crippen LogP contribution < -0.4 is 15.2 Å². The van der Waals surface area contributed by atoms with Crippen LogP contribution >= 0.6 is 0 Å². The quantitative estimate of drug-likeness (QED) is 0.647. The summed E-state index contributed by atoms with van der Waals surface area (Å²) >= 11 is 0. The van der Waals surface area contributed by atoms with Crippen molar-refractivity contribution in [3.63, 3.8) is 0 Å². The van der Waals surface area contributed by atoms with Gasteiger partial charge in [0.15, 0.2) is 17.4 Å². The van der Waals surface area contributed by atoms with Crippen LogP contribution in [0.1, 0.15) is 25.0 Å². The number of methoxy groups -OCH3 is 2. The Kier molecular flexibility index (Phi) is 5.95. The van der Waals surface area contributed by atoms with Gasteiger partial charge in [0.25, 0.3) is 5.95 Å². The first-order chi connectivity index (χ1) is 11.6. The van der Waals surface area contributed by atoms with E-state index in [1.165, 1.54) is 0 Å². The monoisotopic (exact) mass is 330 g/mol. The molecule has 1 aromatic carbocycles. The molecule has 2 rings (SSSR count). The summed E-state index contributed by atoms with van der Waals surface area (Å²) in [4.78, 5) is 12.6. The predicted octanol–water partition coefficient (Wildman–Crippen LogP) is 2.75. The number of nitrogen functional groups attached to an aromatic ring is 1. The highest BCUT2D eigenvalue weighted by Gasteiger charge is 2.09. The van der Waals surface area contributed by atoms with Crippen molar-refractivity contribution in [2.75, 3.05) is 26.6 Å². The number of anilines is 1. The van der Waals surface area contributed by atoms with Crippen LogP contribution in [-0.4, -0.2) is 36.7 Å². The number of hydrogen-bond acceptors (Lipinski definition) is 7. The molecule has 1 heterocycles. The van der Waals surface area contributed by atoms with Crippen LogP contribution in [0.25, 0.3) is 0 Å². The van der Waals surface area contributed by atoms with E-state index in [1.807, 2.05) is 25.1 Å². The highest BCUT2D eigenvalue weighted by molar-refractivity contribution is 5.75. The Labute approximate surface area is 141 Å². The number of nitrogens with two attached hydrogens (primary N) is 1. The summed E-state index contributed by atoms with van der Waals surface area (Å²) in [5, 5.41) is 0. The molecule has 0 aliphatic heterocycles. The van der Waals surface area contributed by atoms with Crippen molar-refractivity contribution >= 4 is 17.7 Å². The van der Waals surface area contributed by atoms with E-state index >= 15 is 0 Å². The lowest BCUT2D eigenvalue weighted by Crippen LogP contribution is -2.03. The molecule has 0 aliphatic carbocycles. The first-order valence-electron chi connectivity index (χ1n) is 7.57. The molecule has 0 saturated heterocycles. The van der Waals surface area contributed by atoms with Gasteiger partial charge in [-0.2, -0.15) is 9.98 Å². The summed E-state index contributed by atoms with van der Waals surface area (Å²) in [5.74, 6) is 2.53. The van der Waals surface area contributed by atoms with Gasteiger partial charge in [-0.1, -0.05) is 6.07 Å². The van der Waals surface area contributed by atoms with Crippen LogP contribution in [0.15, 0.2) is 29.4 Å². The molecule has 0 unspecified atom stereocenters. The number of aromatic nitrogens is 2. The molecular weight excluding hydrogens is 308 g/mol. The standard InChI is InChI=1S/C17H22N4O3/c1-5-24-11(2)20-17-19-10-13(16(18)21-17)8-12-6-7-14(22-3)15(9-12)23-4/h6-7,9-10H,5,8H2,1-4H3,(H2,18,19,21). The Balaban J connectivity index is 2.20. The maximum Gasteiger partial charge on any atom is 0.254 e. The summed E-state index contributed by atoms with van der Waals surface area (Å²) in [6.07, 6.45) is 2.26. The molecular formula is C17H22N4O3. The predicted molar refractivity (Wildman–Crippen MR) is 93.2 cm³/mol. The molecule has 0 fully saturated rings. The van der Waals surface area contributed by atoms with Gasteiger partial charge in [-0.3, -0.25) is 0 Å². The fourth-order valence-electron chi connectivity index (χ4n) is 2.19. The first kappa shape index (κ1) is 17.5. The number of ether oxygens (including phenoxy) is 3. The Hall–Kier alpha value is -2.83. The smallest absolute Gasteiger partial charge is 0.254 e. The van der Waals surface area contributed by atoms with Crippen LogP contribution in [0, 0.1) is 0 Å². The molecule has 7 nitrogen and oxygen atoms in total. The average Bonchev–Trinajstić information content (AvgIpc) is 2.57. The second-order valence-electron chi connectivity index (χ2n) is 5.01. The van der Waals surface area contributed by atoms with Crippen molar-refractivity contribution in [3.05, 3.63) is 35.5 Å². The Morgan fingerprint density at radius 3 is 2.58 bits per heavy atom. The molecule has 128 valence electrons. The zero-order chi connectivity index (χ0) is 17.5. The molecule has 1 aromatic heterocycles. The molecule has 2 N–H and O–H groups in total. The van der Waals surface area contributed by atoms with Gasteiger partial charge in [-0.05, 0) is 24.6 Å². The molecule has 2 aromatic rings. The summed E-state index contributed by atoms with van der Waals surface area (Å²) in [5.41, 5.74) is 7.86. The Morgan fingerprint density at radius 2 is 1.96 bits per heavy atom. The molecule has 24 heavy (non-hydrogen) atoms.